The number of carboxylic acids is 1. The summed E-state index contributed by atoms with van der Waals surface area (Å²) in [4.78, 5) is 17.9. The topological polar surface area (TPSA) is 90.6 Å². The number of hydrogen-bond donors (Lipinski definition) is 3. The van der Waals surface area contributed by atoms with Gasteiger partial charge in [-0.3, -0.25) is 4.98 Å². The number of benzene rings is 2. The fourth-order valence-electron chi connectivity index (χ4n) is 4.26. The summed E-state index contributed by atoms with van der Waals surface area (Å²) in [6.45, 7) is 0. The highest BCUT2D eigenvalue weighted by molar-refractivity contribution is 7.80. The summed E-state index contributed by atoms with van der Waals surface area (Å²) < 4.78 is 1.91. The molecule has 9 heteroatoms. The molecule has 4 aromatic rings. The van der Waals surface area contributed by atoms with E-state index in [-0.39, 0.29) is 17.4 Å². The van der Waals surface area contributed by atoms with Crippen LogP contribution in [0.25, 0.3) is 5.69 Å². The third kappa shape index (κ3) is 3.87. The SMILES string of the molecule is O=C(O)c1cccc(-n2cccc2[C@H]2[C@H](c3ccccn3)NC(=S)N2c2cc(Cl)ccc2O)c1. The zero-order valence-corrected chi connectivity index (χ0v) is 19.2. The third-order valence-electron chi connectivity index (χ3n) is 5.75. The predicted molar refractivity (Wildman–Crippen MR) is 134 cm³/mol. The molecular formula is C25H19ClN4O3S. The number of halogens is 1. The van der Waals surface area contributed by atoms with Gasteiger partial charge in [-0.05, 0) is 72.9 Å². The van der Waals surface area contributed by atoms with Crippen molar-refractivity contribution < 1.29 is 15.0 Å². The molecular weight excluding hydrogens is 472 g/mol. The van der Waals surface area contributed by atoms with Crippen molar-refractivity contribution in [2.45, 2.75) is 12.1 Å². The molecule has 1 fully saturated rings. The Kier molecular flexibility index (Phi) is 5.69. The number of aromatic nitrogens is 2. The van der Waals surface area contributed by atoms with E-state index >= 15 is 0 Å². The van der Waals surface area contributed by atoms with Gasteiger partial charge in [0.05, 0.1) is 23.0 Å². The van der Waals surface area contributed by atoms with Gasteiger partial charge in [0.1, 0.15) is 11.8 Å². The van der Waals surface area contributed by atoms with Crippen LogP contribution in [0.3, 0.4) is 0 Å². The van der Waals surface area contributed by atoms with Crippen molar-refractivity contribution in [3.05, 3.63) is 107 Å². The van der Waals surface area contributed by atoms with Crippen molar-refractivity contribution in [3.63, 3.8) is 0 Å². The first kappa shape index (κ1) is 21.9. The molecule has 0 unspecified atom stereocenters. The number of aromatic carboxylic acids is 1. The van der Waals surface area contributed by atoms with E-state index in [2.05, 4.69) is 10.3 Å². The Labute approximate surface area is 205 Å². The van der Waals surface area contributed by atoms with Gasteiger partial charge in [-0.25, -0.2) is 4.79 Å². The summed E-state index contributed by atoms with van der Waals surface area (Å²) in [5, 5.41) is 24.4. The average molecular weight is 491 g/mol. The number of phenolic OH excluding ortho intramolecular Hbond substituents is 1. The number of pyridine rings is 1. The second kappa shape index (κ2) is 8.81. The highest BCUT2D eigenvalue weighted by Gasteiger charge is 2.43. The van der Waals surface area contributed by atoms with E-state index in [4.69, 9.17) is 23.8 Å². The highest BCUT2D eigenvalue weighted by atomic mass is 35.5. The molecule has 2 aromatic heterocycles. The molecule has 1 saturated heterocycles. The summed E-state index contributed by atoms with van der Waals surface area (Å²) in [6.07, 6.45) is 3.58. The van der Waals surface area contributed by atoms with Crippen molar-refractivity contribution in [2.75, 3.05) is 4.90 Å². The Hall–Kier alpha value is -3.88. The fourth-order valence-corrected chi connectivity index (χ4v) is 4.77. The number of carbonyl (C=O) groups is 1. The predicted octanol–water partition coefficient (Wildman–Crippen LogP) is 5.11. The van der Waals surface area contributed by atoms with E-state index in [0.29, 0.717) is 21.5 Å². The largest absolute Gasteiger partial charge is 0.506 e. The molecule has 2 aromatic carbocycles. The van der Waals surface area contributed by atoms with E-state index < -0.39 is 12.0 Å². The van der Waals surface area contributed by atoms with E-state index in [9.17, 15) is 15.0 Å². The smallest absolute Gasteiger partial charge is 0.335 e. The normalized spacial score (nSPS) is 17.6. The van der Waals surface area contributed by atoms with Crippen LogP contribution in [0.5, 0.6) is 5.75 Å². The zero-order chi connectivity index (χ0) is 23.8. The molecule has 0 amide bonds. The number of carboxylic acid groups (broad SMARTS) is 1. The number of anilines is 1. The van der Waals surface area contributed by atoms with Gasteiger partial charge in [-0.15, -0.1) is 0 Å². The summed E-state index contributed by atoms with van der Waals surface area (Å²) in [6, 6.07) is 20.2. The number of aromatic hydroxyl groups is 1. The van der Waals surface area contributed by atoms with Crippen LogP contribution in [0.2, 0.25) is 5.02 Å². The van der Waals surface area contributed by atoms with E-state index in [0.717, 1.165) is 11.4 Å². The fraction of sp³-hybridized carbons (Fsp3) is 0.0800. The molecule has 0 aliphatic carbocycles. The molecule has 7 nitrogen and oxygen atoms in total. The first-order valence-corrected chi connectivity index (χ1v) is 11.2. The second-order valence-corrected chi connectivity index (χ2v) is 8.61. The molecule has 2 atom stereocenters. The standard InChI is InChI=1S/C25H19ClN4O3S/c26-16-9-10-21(31)20(14-16)30-23(22(28-25(30)34)18-7-1-2-11-27-18)19-8-4-12-29(19)17-6-3-5-15(13-17)24(32)33/h1-14,22-23,31H,(H,28,34)(H,32,33)/t22-,23-/m0/s1. The Balaban J connectivity index is 1.69. The zero-order valence-electron chi connectivity index (χ0n) is 17.7. The van der Waals surface area contributed by atoms with Gasteiger partial charge in [-0.1, -0.05) is 23.7 Å². The molecule has 1 aliphatic rings. The van der Waals surface area contributed by atoms with Crippen LogP contribution in [0, 0.1) is 0 Å². The highest BCUT2D eigenvalue weighted by Crippen LogP contribution is 2.45. The quantitative estimate of drug-likeness (QED) is 0.335. The Morgan fingerprint density at radius 1 is 1.06 bits per heavy atom. The van der Waals surface area contributed by atoms with Gasteiger partial charge in [-0.2, -0.15) is 0 Å². The monoisotopic (exact) mass is 490 g/mol. The summed E-state index contributed by atoms with van der Waals surface area (Å²) >= 11 is 12.0. The van der Waals surface area contributed by atoms with Crippen molar-refractivity contribution in [1.29, 1.82) is 0 Å². The molecule has 34 heavy (non-hydrogen) atoms. The van der Waals surface area contributed by atoms with Gasteiger partial charge < -0.3 is 25.0 Å². The Bertz CT molecular complexity index is 1390. The van der Waals surface area contributed by atoms with Crippen LogP contribution in [0.15, 0.2) is 85.2 Å². The molecule has 5 rings (SSSR count). The number of thiocarbonyl (C=S) groups is 1. The van der Waals surface area contributed by atoms with Crippen molar-refractivity contribution >= 4 is 40.6 Å². The summed E-state index contributed by atoms with van der Waals surface area (Å²) in [7, 11) is 0. The lowest BCUT2D eigenvalue weighted by Crippen LogP contribution is -2.30. The molecule has 3 N–H and O–H groups in total. The van der Waals surface area contributed by atoms with Crippen LogP contribution < -0.4 is 10.2 Å². The lowest BCUT2D eigenvalue weighted by molar-refractivity contribution is 0.0697. The van der Waals surface area contributed by atoms with Gasteiger partial charge in [0.15, 0.2) is 5.11 Å². The van der Waals surface area contributed by atoms with E-state index in [1.165, 1.54) is 6.07 Å². The number of nitrogens with zero attached hydrogens (tertiary/aromatic N) is 3. The Morgan fingerprint density at radius 3 is 2.68 bits per heavy atom. The van der Waals surface area contributed by atoms with Crippen LogP contribution in [-0.2, 0) is 0 Å². The molecule has 170 valence electrons. The van der Waals surface area contributed by atoms with Crippen LogP contribution in [-0.4, -0.2) is 30.8 Å². The maximum atomic E-state index is 11.6. The van der Waals surface area contributed by atoms with Gasteiger partial charge in [0.25, 0.3) is 0 Å². The van der Waals surface area contributed by atoms with E-state index in [1.54, 1.807) is 36.5 Å². The van der Waals surface area contributed by atoms with Crippen LogP contribution >= 0.6 is 23.8 Å². The van der Waals surface area contributed by atoms with Crippen LogP contribution in [0.4, 0.5) is 5.69 Å². The van der Waals surface area contributed by atoms with Crippen molar-refractivity contribution in [1.82, 2.24) is 14.9 Å². The molecule has 1 aliphatic heterocycles. The molecule has 0 radical (unpaired) electrons. The minimum absolute atomic E-state index is 0.0335. The first-order chi connectivity index (χ1) is 16.4. The van der Waals surface area contributed by atoms with Crippen molar-refractivity contribution in [2.24, 2.45) is 0 Å². The summed E-state index contributed by atoms with van der Waals surface area (Å²) in [5.41, 5.74) is 2.92. The molecule has 0 bridgehead atoms. The average Bonchev–Trinajstić information content (AvgIpc) is 3.45. The number of rotatable bonds is 5. The van der Waals surface area contributed by atoms with Gasteiger partial charge in [0.2, 0.25) is 0 Å². The number of hydrogen-bond acceptors (Lipinski definition) is 4. The lowest BCUT2D eigenvalue weighted by atomic mass is 10.0. The molecule has 0 saturated carbocycles. The summed E-state index contributed by atoms with van der Waals surface area (Å²) in [5.74, 6) is -0.970. The molecule has 0 spiro atoms. The van der Waals surface area contributed by atoms with E-state index in [1.807, 2.05) is 52.1 Å². The second-order valence-electron chi connectivity index (χ2n) is 7.79. The minimum Gasteiger partial charge on any atom is -0.506 e. The van der Waals surface area contributed by atoms with Gasteiger partial charge in [0, 0.05) is 28.8 Å². The van der Waals surface area contributed by atoms with Crippen LogP contribution in [0.1, 0.15) is 33.8 Å². The first-order valence-electron chi connectivity index (χ1n) is 10.4. The lowest BCUT2D eigenvalue weighted by Gasteiger charge is -2.29. The number of phenols is 1. The maximum absolute atomic E-state index is 11.6. The Morgan fingerprint density at radius 2 is 1.91 bits per heavy atom. The van der Waals surface area contributed by atoms with Gasteiger partial charge >= 0.3 is 5.97 Å². The minimum atomic E-state index is -1.00. The molecule has 3 heterocycles. The van der Waals surface area contributed by atoms with Crippen molar-refractivity contribution in [3.8, 4) is 11.4 Å². The third-order valence-corrected chi connectivity index (χ3v) is 6.30. The maximum Gasteiger partial charge on any atom is 0.335 e. The number of nitrogens with one attached hydrogen (secondary N) is 1.